The van der Waals surface area contributed by atoms with E-state index in [0.29, 0.717) is 31.7 Å². The molecule has 11 atom stereocenters. The van der Waals surface area contributed by atoms with Crippen LogP contribution in [0, 0.1) is 39.4 Å². The van der Waals surface area contributed by atoms with Gasteiger partial charge in [-0.05, 0) is 83.1 Å². The van der Waals surface area contributed by atoms with Gasteiger partial charge in [0.1, 0.15) is 30.2 Å². The maximum absolute atomic E-state index is 15.4. The number of hydrogen-bond acceptors (Lipinski definition) is 11. The molecule has 9 fully saturated rings. The van der Waals surface area contributed by atoms with Crippen molar-refractivity contribution < 1.29 is 42.9 Å². The van der Waals surface area contributed by atoms with E-state index >= 15 is 4.79 Å². The lowest BCUT2D eigenvalue weighted by Gasteiger charge is -2.70. The molecule has 11 nitrogen and oxygen atoms in total. The summed E-state index contributed by atoms with van der Waals surface area (Å²) in [7, 11) is 0. The molecule has 5 aliphatic heterocycles. The average molecular weight is 763 g/mol. The Balaban J connectivity index is 1.05. The van der Waals surface area contributed by atoms with E-state index in [0.717, 1.165) is 95.2 Å². The standard InChI is InChI=1S/C44H62N2O9/c1-39(2)32-31(47)33(48)43(26-13-7-6-8-14-26)30(42(32)24-52-38(50)41(37(42)55-39)19-11-12-20-41)17-21-40(3)34(53-36(49)35-44(40,43)54-35)28-18-22-51-29(28)16-10-5-4-9-15-27-23-45-25-46-27/h18,22,26-27,30,32-35,37,45-46,48H,4-17,19-21,23-25H2,1-3H3. The normalized spacial score (nSPS) is 45.3. The molecule has 4 saturated carbocycles. The topological polar surface area (TPSA) is 149 Å². The second kappa shape index (κ2) is 12.8. The lowest BCUT2D eigenvalue weighted by molar-refractivity contribution is -0.284. The van der Waals surface area contributed by atoms with Gasteiger partial charge in [-0.3, -0.25) is 9.59 Å². The summed E-state index contributed by atoms with van der Waals surface area (Å²) in [6.07, 6.45) is 13.9. The first-order valence-electron chi connectivity index (χ1n) is 21.9. The van der Waals surface area contributed by atoms with Crippen LogP contribution in [0.25, 0.3) is 0 Å². The number of ether oxygens (including phenoxy) is 4. The predicted octanol–water partition coefficient (Wildman–Crippen LogP) is 5.85. The first-order chi connectivity index (χ1) is 26.5. The first-order valence-corrected chi connectivity index (χ1v) is 21.9. The van der Waals surface area contributed by atoms with E-state index in [2.05, 4.69) is 17.6 Å². The van der Waals surface area contributed by atoms with Gasteiger partial charge < -0.3 is 39.1 Å². The van der Waals surface area contributed by atoms with Crippen LogP contribution in [0.2, 0.25) is 0 Å². The van der Waals surface area contributed by atoms with Crippen molar-refractivity contribution in [2.75, 3.05) is 19.8 Å². The molecule has 0 amide bonds. The molecular formula is C44H62N2O9. The van der Waals surface area contributed by atoms with Crippen LogP contribution in [-0.4, -0.2) is 78.2 Å². The predicted molar refractivity (Wildman–Crippen MR) is 199 cm³/mol. The minimum absolute atomic E-state index is 0.0581. The van der Waals surface area contributed by atoms with Crippen molar-refractivity contribution in [2.45, 2.75) is 172 Å². The van der Waals surface area contributed by atoms with Gasteiger partial charge in [0.15, 0.2) is 11.9 Å². The van der Waals surface area contributed by atoms with Gasteiger partial charge in [-0.2, -0.15) is 0 Å². The number of fused-ring (bicyclic) bond motifs is 2. The molecule has 3 spiro atoms. The highest BCUT2D eigenvalue weighted by molar-refractivity contribution is 5.92. The van der Waals surface area contributed by atoms with Gasteiger partial charge in [0.25, 0.3) is 0 Å². The second-order valence-corrected chi connectivity index (χ2v) is 20.0. The third-order valence-corrected chi connectivity index (χ3v) is 17.3. The van der Waals surface area contributed by atoms with Gasteiger partial charge in [0.2, 0.25) is 0 Å². The zero-order valence-electron chi connectivity index (χ0n) is 33.1. The fraction of sp³-hybridized carbons (Fsp3) is 0.841. The Hall–Kier alpha value is -2.31. The van der Waals surface area contributed by atoms with Crippen molar-refractivity contribution >= 4 is 17.7 Å². The largest absolute Gasteiger partial charge is 0.469 e. The molecule has 6 heterocycles. The van der Waals surface area contributed by atoms with Crippen LogP contribution in [0.15, 0.2) is 16.7 Å². The Morgan fingerprint density at radius 1 is 0.891 bits per heavy atom. The van der Waals surface area contributed by atoms with Crippen molar-refractivity contribution in [2.24, 2.45) is 39.4 Å². The highest BCUT2D eigenvalue weighted by Gasteiger charge is 2.93. The van der Waals surface area contributed by atoms with E-state index < -0.39 is 69.2 Å². The molecule has 0 aromatic carbocycles. The highest BCUT2D eigenvalue weighted by atomic mass is 16.7. The lowest BCUT2D eigenvalue weighted by Crippen LogP contribution is -2.79. The van der Waals surface area contributed by atoms with Crippen LogP contribution in [0.5, 0.6) is 0 Å². The SMILES string of the molecule is CC1(C)OC2C3(CCCC3)C(=O)OCC23C1C(=O)C(O)C1(C2CCCCC2)C3CCC2(C)C(c3ccoc3CCCCCCC3CNCN3)OC(=O)C3OC321. The van der Waals surface area contributed by atoms with Crippen LogP contribution < -0.4 is 10.6 Å². The third kappa shape index (κ3) is 4.71. The molecule has 1 aromatic rings. The molecule has 5 saturated heterocycles. The quantitative estimate of drug-likeness (QED) is 0.158. The summed E-state index contributed by atoms with van der Waals surface area (Å²) in [6, 6.07) is 2.53. The van der Waals surface area contributed by atoms with Gasteiger partial charge in [-0.25, -0.2) is 4.79 Å². The third-order valence-electron chi connectivity index (χ3n) is 17.3. The molecule has 11 unspecified atom stereocenters. The molecular weight excluding hydrogens is 700 g/mol. The van der Waals surface area contributed by atoms with Gasteiger partial charge >= 0.3 is 11.9 Å². The highest BCUT2D eigenvalue weighted by Crippen LogP contribution is 2.83. The number of unbranched alkanes of at least 4 members (excludes halogenated alkanes) is 3. The number of cyclic esters (lactones) is 2. The van der Waals surface area contributed by atoms with E-state index in [1.54, 1.807) is 6.26 Å². The van der Waals surface area contributed by atoms with Crippen molar-refractivity contribution in [3.05, 3.63) is 23.7 Å². The van der Waals surface area contributed by atoms with Crippen molar-refractivity contribution in [1.29, 1.82) is 0 Å². The van der Waals surface area contributed by atoms with Gasteiger partial charge in [0.05, 0.1) is 29.3 Å². The van der Waals surface area contributed by atoms with Crippen LogP contribution in [0.3, 0.4) is 0 Å². The Morgan fingerprint density at radius 3 is 2.44 bits per heavy atom. The maximum Gasteiger partial charge on any atom is 0.339 e. The van der Waals surface area contributed by atoms with Crippen molar-refractivity contribution in [1.82, 2.24) is 10.6 Å². The van der Waals surface area contributed by atoms with Gasteiger partial charge in [-0.15, -0.1) is 0 Å². The number of esters is 2. The maximum atomic E-state index is 15.4. The first kappa shape index (κ1) is 37.0. The number of furan rings is 1. The summed E-state index contributed by atoms with van der Waals surface area (Å²) in [6.45, 7) is 8.17. The van der Waals surface area contributed by atoms with Crippen LogP contribution in [0.4, 0.5) is 0 Å². The Kier molecular flexibility index (Phi) is 8.64. The monoisotopic (exact) mass is 762 g/mol. The van der Waals surface area contributed by atoms with E-state index in [-0.39, 0.29) is 30.2 Å². The Morgan fingerprint density at radius 2 is 1.67 bits per heavy atom. The Labute approximate surface area is 325 Å². The number of hydrogen-bond donors (Lipinski definition) is 3. The van der Waals surface area contributed by atoms with E-state index in [9.17, 15) is 14.7 Å². The Bertz CT molecular complexity index is 1710. The molecule has 4 aliphatic carbocycles. The summed E-state index contributed by atoms with van der Waals surface area (Å²) in [5.74, 6) is -0.970. The van der Waals surface area contributed by atoms with Crippen molar-refractivity contribution in [3.8, 4) is 0 Å². The van der Waals surface area contributed by atoms with Crippen molar-refractivity contribution in [3.63, 3.8) is 0 Å². The fourth-order valence-electron chi connectivity index (χ4n) is 15.3. The summed E-state index contributed by atoms with van der Waals surface area (Å²) in [4.78, 5) is 43.8. The van der Waals surface area contributed by atoms with E-state index in [1.165, 1.54) is 12.8 Å². The van der Waals surface area contributed by atoms with E-state index in [1.807, 2.05) is 19.9 Å². The number of carbonyl (C=O) groups excluding carboxylic acids is 3. The molecule has 0 bridgehead atoms. The number of nitrogens with one attached hydrogen (secondary N) is 2. The van der Waals surface area contributed by atoms with Crippen LogP contribution in [-0.2, 0) is 39.8 Å². The number of rotatable bonds is 9. The molecule has 9 aliphatic rings. The molecule has 1 aromatic heterocycles. The number of carbonyl (C=O) groups is 3. The molecule has 11 heteroatoms. The summed E-state index contributed by atoms with van der Waals surface area (Å²) >= 11 is 0. The molecule has 0 radical (unpaired) electrons. The minimum atomic E-state index is -1.36. The number of aliphatic hydroxyl groups excluding tert-OH is 1. The summed E-state index contributed by atoms with van der Waals surface area (Å²) in [5, 5.41) is 20.0. The zero-order valence-corrected chi connectivity index (χ0v) is 33.1. The number of epoxide rings is 1. The van der Waals surface area contributed by atoms with E-state index in [4.69, 9.17) is 23.4 Å². The van der Waals surface area contributed by atoms with Crippen LogP contribution >= 0.6 is 0 Å². The number of Topliss-reactive ketones (excluding diaryl/α,β-unsaturated/α-hetero) is 1. The lowest BCUT2D eigenvalue weighted by atomic mass is 9.32. The zero-order chi connectivity index (χ0) is 38.0. The van der Waals surface area contributed by atoms with Gasteiger partial charge in [-0.1, -0.05) is 58.3 Å². The molecule has 55 heavy (non-hydrogen) atoms. The van der Waals surface area contributed by atoms with Crippen LogP contribution in [0.1, 0.15) is 141 Å². The average Bonchev–Trinajstić information content (AvgIpc) is 3.65. The second-order valence-electron chi connectivity index (χ2n) is 20.0. The summed E-state index contributed by atoms with van der Waals surface area (Å²) in [5.41, 5.74) is -4.66. The number of aliphatic hydroxyl groups is 1. The number of ketones is 1. The fourth-order valence-corrected chi connectivity index (χ4v) is 15.3. The molecule has 3 N–H and O–H groups in total. The smallest absolute Gasteiger partial charge is 0.339 e. The number of aryl methyl sites for hydroxylation is 1. The minimum Gasteiger partial charge on any atom is -0.469 e. The molecule has 10 rings (SSSR count). The summed E-state index contributed by atoms with van der Waals surface area (Å²) < 4.78 is 33.2. The molecule has 302 valence electrons. The van der Waals surface area contributed by atoms with Gasteiger partial charge in [0, 0.05) is 47.5 Å².